The molecule has 2 rings (SSSR count). The highest BCUT2D eigenvalue weighted by Gasteiger charge is 2.16. The number of rotatable bonds is 4. The second-order valence-corrected chi connectivity index (χ2v) is 5.56. The van der Waals surface area contributed by atoms with E-state index in [1.54, 1.807) is 13.2 Å². The molecule has 0 saturated heterocycles. The van der Waals surface area contributed by atoms with Crippen LogP contribution in [0.2, 0.25) is 0 Å². The fourth-order valence-electron chi connectivity index (χ4n) is 2.34. The lowest BCUT2D eigenvalue weighted by Gasteiger charge is -2.20. The summed E-state index contributed by atoms with van der Waals surface area (Å²) in [6, 6.07) is 10.8. The molecule has 0 fully saturated rings. The van der Waals surface area contributed by atoms with Gasteiger partial charge in [-0.1, -0.05) is 22.0 Å². The molecular formula is C16H17BrFNO. The van der Waals surface area contributed by atoms with Crippen LogP contribution in [-0.2, 0) is 0 Å². The number of benzene rings is 2. The third-order valence-electron chi connectivity index (χ3n) is 3.29. The Morgan fingerprint density at radius 3 is 2.50 bits per heavy atom. The molecule has 0 spiro atoms. The first kappa shape index (κ1) is 15.0. The lowest BCUT2D eigenvalue weighted by molar-refractivity contribution is 0.414. The Bertz CT molecular complexity index is 595. The predicted molar refractivity (Wildman–Crippen MR) is 82.7 cm³/mol. The van der Waals surface area contributed by atoms with Crippen molar-refractivity contribution < 1.29 is 9.13 Å². The van der Waals surface area contributed by atoms with Crippen molar-refractivity contribution in [3.8, 4) is 5.75 Å². The third-order valence-corrected chi connectivity index (χ3v) is 3.75. The van der Waals surface area contributed by atoms with E-state index in [1.165, 1.54) is 6.07 Å². The van der Waals surface area contributed by atoms with E-state index in [9.17, 15) is 4.39 Å². The molecular weight excluding hydrogens is 321 g/mol. The molecule has 0 aliphatic rings. The van der Waals surface area contributed by atoms with Gasteiger partial charge in [-0.2, -0.15) is 0 Å². The van der Waals surface area contributed by atoms with Crippen LogP contribution in [0, 0.1) is 12.7 Å². The van der Waals surface area contributed by atoms with Crippen molar-refractivity contribution in [3.63, 3.8) is 0 Å². The smallest absolute Gasteiger partial charge is 0.124 e. The van der Waals surface area contributed by atoms with Gasteiger partial charge in [-0.3, -0.25) is 0 Å². The van der Waals surface area contributed by atoms with Crippen LogP contribution < -0.4 is 10.1 Å². The Kier molecular flexibility index (Phi) is 4.78. The molecule has 0 heterocycles. The zero-order valence-corrected chi connectivity index (χ0v) is 13.3. The Morgan fingerprint density at radius 1 is 1.20 bits per heavy atom. The molecule has 0 aliphatic heterocycles. The van der Waals surface area contributed by atoms with Crippen molar-refractivity contribution in [2.24, 2.45) is 0 Å². The number of ether oxygens (including phenoxy) is 1. The highest BCUT2D eigenvalue weighted by Crippen LogP contribution is 2.29. The number of aryl methyl sites for hydroxylation is 1. The standard InChI is InChI=1S/C16H17BrFNO/c1-10-6-14(20-3)4-5-15(10)16(19-2)11-7-12(17)9-13(18)8-11/h4-9,16,19H,1-3H3. The summed E-state index contributed by atoms with van der Waals surface area (Å²) >= 11 is 3.34. The van der Waals surface area contributed by atoms with Crippen LogP contribution in [0.25, 0.3) is 0 Å². The maximum atomic E-state index is 13.6. The number of halogens is 2. The van der Waals surface area contributed by atoms with Crippen LogP contribution in [0.15, 0.2) is 40.9 Å². The van der Waals surface area contributed by atoms with Gasteiger partial charge in [0.1, 0.15) is 11.6 Å². The van der Waals surface area contributed by atoms with E-state index in [-0.39, 0.29) is 11.9 Å². The monoisotopic (exact) mass is 337 g/mol. The topological polar surface area (TPSA) is 21.3 Å². The minimum atomic E-state index is -0.249. The van der Waals surface area contributed by atoms with Crippen LogP contribution in [0.4, 0.5) is 4.39 Å². The molecule has 2 nitrogen and oxygen atoms in total. The van der Waals surface area contributed by atoms with Gasteiger partial charge in [0.15, 0.2) is 0 Å². The summed E-state index contributed by atoms with van der Waals surface area (Å²) in [5, 5.41) is 3.24. The van der Waals surface area contributed by atoms with E-state index in [4.69, 9.17) is 4.74 Å². The van der Waals surface area contributed by atoms with Crippen LogP contribution in [0.3, 0.4) is 0 Å². The third kappa shape index (κ3) is 3.19. The number of methoxy groups -OCH3 is 1. The van der Waals surface area contributed by atoms with Crippen molar-refractivity contribution >= 4 is 15.9 Å². The molecule has 0 aliphatic carbocycles. The van der Waals surface area contributed by atoms with Gasteiger partial charge in [0.25, 0.3) is 0 Å². The molecule has 2 aromatic carbocycles. The summed E-state index contributed by atoms with van der Waals surface area (Å²) in [5.74, 6) is 0.572. The summed E-state index contributed by atoms with van der Waals surface area (Å²) < 4.78 is 19.5. The maximum absolute atomic E-state index is 13.6. The quantitative estimate of drug-likeness (QED) is 0.902. The second-order valence-electron chi connectivity index (χ2n) is 4.65. The second kappa shape index (κ2) is 6.37. The van der Waals surface area contributed by atoms with Crippen molar-refractivity contribution in [3.05, 3.63) is 63.4 Å². The Hall–Kier alpha value is -1.39. The van der Waals surface area contributed by atoms with E-state index in [0.717, 1.165) is 26.9 Å². The summed E-state index contributed by atoms with van der Waals surface area (Å²) in [5.41, 5.74) is 3.09. The Morgan fingerprint density at radius 2 is 1.95 bits per heavy atom. The minimum Gasteiger partial charge on any atom is -0.497 e. The van der Waals surface area contributed by atoms with Crippen LogP contribution in [0.5, 0.6) is 5.75 Å². The molecule has 0 bridgehead atoms. The van der Waals surface area contributed by atoms with Gasteiger partial charge in [-0.15, -0.1) is 0 Å². The summed E-state index contributed by atoms with van der Waals surface area (Å²) in [7, 11) is 3.51. The SMILES string of the molecule is CNC(c1cc(F)cc(Br)c1)c1ccc(OC)cc1C. The number of hydrogen-bond acceptors (Lipinski definition) is 2. The molecule has 106 valence electrons. The summed E-state index contributed by atoms with van der Waals surface area (Å²) in [6.45, 7) is 2.02. The molecule has 0 aromatic heterocycles. The average molecular weight is 338 g/mol. The van der Waals surface area contributed by atoms with Gasteiger partial charge >= 0.3 is 0 Å². The van der Waals surface area contributed by atoms with Crippen LogP contribution in [-0.4, -0.2) is 14.2 Å². The molecule has 1 N–H and O–H groups in total. The fourth-order valence-corrected chi connectivity index (χ4v) is 2.83. The minimum absolute atomic E-state index is 0.0621. The number of hydrogen-bond donors (Lipinski definition) is 1. The van der Waals surface area contributed by atoms with E-state index in [1.807, 2.05) is 38.2 Å². The zero-order chi connectivity index (χ0) is 14.7. The van der Waals surface area contributed by atoms with Crippen LogP contribution >= 0.6 is 15.9 Å². The highest BCUT2D eigenvalue weighted by atomic mass is 79.9. The summed E-state index contributed by atoms with van der Waals surface area (Å²) in [6.07, 6.45) is 0. The first-order valence-corrected chi connectivity index (χ1v) is 7.12. The highest BCUT2D eigenvalue weighted by molar-refractivity contribution is 9.10. The van der Waals surface area contributed by atoms with Crippen LogP contribution in [0.1, 0.15) is 22.7 Å². The molecule has 1 unspecified atom stereocenters. The summed E-state index contributed by atoms with van der Waals surface area (Å²) in [4.78, 5) is 0. The van der Waals surface area contributed by atoms with Crippen molar-refractivity contribution in [2.45, 2.75) is 13.0 Å². The van der Waals surface area contributed by atoms with Crippen molar-refractivity contribution in [2.75, 3.05) is 14.2 Å². The van der Waals surface area contributed by atoms with Gasteiger partial charge in [0.2, 0.25) is 0 Å². The van der Waals surface area contributed by atoms with E-state index >= 15 is 0 Å². The Balaban J connectivity index is 2.46. The van der Waals surface area contributed by atoms with E-state index in [2.05, 4.69) is 21.2 Å². The molecule has 4 heteroatoms. The van der Waals surface area contributed by atoms with Crippen molar-refractivity contribution in [1.29, 1.82) is 0 Å². The van der Waals surface area contributed by atoms with Gasteiger partial charge < -0.3 is 10.1 Å². The fraction of sp³-hybridized carbons (Fsp3) is 0.250. The molecule has 2 aromatic rings. The average Bonchev–Trinajstić information content (AvgIpc) is 2.40. The largest absolute Gasteiger partial charge is 0.497 e. The molecule has 0 amide bonds. The van der Waals surface area contributed by atoms with Gasteiger partial charge in [0, 0.05) is 4.47 Å². The predicted octanol–water partition coefficient (Wildman–Crippen LogP) is 4.21. The lowest BCUT2D eigenvalue weighted by Crippen LogP contribution is -2.19. The maximum Gasteiger partial charge on any atom is 0.124 e. The first-order chi connectivity index (χ1) is 9.55. The lowest BCUT2D eigenvalue weighted by atomic mass is 9.95. The van der Waals surface area contributed by atoms with E-state index < -0.39 is 0 Å². The van der Waals surface area contributed by atoms with Gasteiger partial charge in [-0.05, 0) is 61.0 Å². The van der Waals surface area contributed by atoms with Gasteiger partial charge in [-0.25, -0.2) is 4.39 Å². The molecule has 1 atom stereocenters. The molecule has 0 radical (unpaired) electrons. The zero-order valence-electron chi connectivity index (χ0n) is 11.7. The Labute approximate surface area is 127 Å². The van der Waals surface area contributed by atoms with Crippen molar-refractivity contribution in [1.82, 2.24) is 5.32 Å². The number of nitrogens with one attached hydrogen (secondary N) is 1. The molecule has 0 saturated carbocycles. The first-order valence-electron chi connectivity index (χ1n) is 6.33. The normalized spacial score (nSPS) is 12.2. The van der Waals surface area contributed by atoms with Gasteiger partial charge in [0.05, 0.1) is 13.2 Å². The molecule has 20 heavy (non-hydrogen) atoms. The van der Waals surface area contributed by atoms with E-state index in [0.29, 0.717) is 0 Å².